The number of nitrogens with zero attached hydrogens (tertiary/aromatic N) is 1. The van der Waals surface area contributed by atoms with E-state index in [0.717, 1.165) is 0 Å². The molecule has 0 aliphatic heterocycles. The van der Waals surface area contributed by atoms with Crippen molar-refractivity contribution in [3.8, 4) is 0 Å². The minimum Gasteiger partial charge on any atom is -0.390 e. The molecule has 0 heterocycles. The van der Waals surface area contributed by atoms with Crippen LogP contribution < -0.4 is 5.32 Å². The molecule has 1 aromatic carbocycles. The normalized spacial score (nSPS) is 26.6. The van der Waals surface area contributed by atoms with Crippen LogP contribution in [0.4, 0.5) is 15.8 Å². The molecule has 0 amide bonds. The molecular weight excluding hydrogens is 307 g/mol. The van der Waals surface area contributed by atoms with Crippen molar-refractivity contribution in [1.82, 2.24) is 0 Å². The van der Waals surface area contributed by atoms with Gasteiger partial charge in [-0.05, 0) is 25.8 Å². The highest BCUT2D eigenvalue weighted by atomic mass is 79.9. The van der Waals surface area contributed by atoms with Gasteiger partial charge in [0.05, 0.1) is 10.5 Å². The molecule has 1 aliphatic carbocycles. The van der Waals surface area contributed by atoms with Crippen molar-refractivity contribution in [2.24, 2.45) is 0 Å². The summed E-state index contributed by atoms with van der Waals surface area (Å²) in [5.41, 5.74) is -1.20. The lowest BCUT2D eigenvalue weighted by molar-refractivity contribution is -0.384. The topological polar surface area (TPSA) is 75.4 Å². The highest BCUT2D eigenvalue weighted by Gasteiger charge is 2.39. The third-order valence-corrected chi connectivity index (χ3v) is 3.41. The van der Waals surface area contributed by atoms with Gasteiger partial charge in [0.15, 0.2) is 5.82 Å². The Morgan fingerprint density at radius 2 is 2.22 bits per heavy atom. The van der Waals surface area contributed by atoms with E-state index in [2.05, 4.69) is 21.2 Å². The van der Waals surface area contributed by atoms with Crippen LogP contribution in [0.3, 0.4) is 0 Å². The van der Waals surface area contributed by atoms with E-state index in [1.54, 1.807) is 6.92 Å². The fourth-order valence-electron chi connectivity index (χ4n) is 2.15. The van der Waals surface area contributed by atoms with Gasteiger partial charge < -0.3 is 10.4 Å². The summed E-state index contributed by atoms with van der Waals surface area (Å²) < 4.78 is 14.0. The Morgan fingerprint density at radius 3 is 2.72 bits per heavy atom. The number of aliphatic hydroxyl groups is 1. The van der Waals surface area contributed by atoms with E-state index in [1.165, 1.54) is 12.1 Å². The Kier molecular flexibility index (Phi) is 3.29. The molecule has 7 heteroatoms. The fourth-order valence-corrected chi connectivity index (χ4v) is 2.57. The van der Waals surface area contributed by atoms with E-state index in [0.29, 0.717) is 17.3 Å². The monoisotopic (exact) mass is 318 g/mol. The molecule has 2 N–H and O–H groups in total. The Labute approximate surface area is 111 Å². The van der Waals surface area contributed by atoms with Crippen LogP contribution in [0.15, 0.2) is 16.6 Å². The van der Waals surface area contributed by atoms with E-state index < -0.39 is 16.3 Å². The van der Waals surface area contributed by atoms with Gasteiger partial charge in [-0.2, -0.15) is 0 Å². The van der Waals surface area contributed by atoms with Crippen molar-refractivity contribution in [2.75, 3.05) is 5.32 Å². The molecule has 1 aliphatic rings. The van der Waals surface area contributed by atoms with Gasteiger partial charge in [-0.25, -0.2) is 4.39 Å². The zero-order valence-corrected chi connectivity index (χ0v) is 11.2. The van der Waals surface area contributed by atoms with Gasteiger partial charge in [-0.3, -0.25) is 10.1 Å². The number of benzene rings is 1. The Morgan fingerprint density at radius 1 is 1.61 bits per heavy atom. The lowest BCUT2D eigenvalue weighted by Crippen LogP contribution is -2.48. The average molecular weight is 319 g/mol. The van der Waals surface area contributed by atoms with E-state index in [4.69, 9.17) is 0 Å². The number of hydrogen-bond acceptors (Lipinski definition) is 4. The molecule has 2 rings (SSSR count). The second-order valence-electron chi connectivity index (χ2n) is 4.79. The van der Waals surface area contributed by atoms with Crippen LogP contribution in [-0.4, -0.2) is 21.7 Å². The second kappa shape index (κ2) is 4.47. The second-order valence-corrected chi connectivity index (χ2v) is 5.70. The van der Waals surface area contributed by atoms with Gasteiger partial charge in [-0.1, -0.05) is 15.9 Å². The number of nitrogens with one attached hydrogen (secondary N) is 1. The van der Waals surface area contributed by atoms with Crippen LogP contribution in [0.2, 0.25) is 0 Å². The van der Waals surface area contributed by atoms with Crippen molar-refractivity contribution >= 4 is 27.3 Å². The Bertz CT molecular complexity index is 499. The maximum Gasteiger partial charge on any atom is 0.296 e. The van der Waals surface area contributed by atoms with Gasteiger partial charge in [0.25, 0.3) is 5.69 Å². The SMILES string of the molecule is CC1(O)CC(Nc2c(F)cc(Br)cc2[N+](=O)[O-])C1. The summed E-state index contributed by atoms with van der Waals surface area (Å²) in [6, 6.07) is 2.28. The lowest BCUT2D eigenvalue weighted by atomic mass is 9.77. The largest absolute Gasteiger partial charge is 0.390 e. The maximum atomic E-state index is 13.7. The molecule has 0 saturated heterocycles. The van der Waals surface area contributed by atoms with Gasteiger partial charge in [-0.15, -0.1) is 0 Å². The van der Waals surface area contributed by atoms with Gasteiger partial charge in [0.1, 0.15) is 5.69 Å². The number of anilines is 1. The highest BCUT2D eigenvalue weighted by molar-refractivity contribution is 9.10. The predicted octanol–water partition coefficient (Wildman–Crippen LogP) is 2.82. The number of hydrogen-bond donors (Lipinski definition) is 2. The number of halogens is 2. The smallest absolute Gasteiger partial charge is 0.296 e. The fraction of sp³-hybridized carbons (Fsp3) is 0.455. The van der Waals surface area contributed by atoms with Crippen LogP contribution in [0.5, 0.6) is 0 Å². The molecular formula is C11H12BrFN2O3. The third-order valence-electron chi connectivity index (χ3n) is 2.95. The summed E-state index contributed by atoms with van der Waals surface area (Å²) in [5.74, 6) is -0.678. The van der Waals surface area contributed by atoms with Crippen molar-refractivity contribution < 1.29 is 14.4 Å². The molecule has 18 heavy (non-hydrogen) atoms. The maximum absolute atomic E-state index is 13.7. The van der Waals surface area contributed by atoms with Crippen molar-refractivity contribution in [2.45, 2.75) is 31.4 Å². The third kappa shape index (κ3) is 2.62. The van der Waals surface area contributed by atoms with Crippen molar-refractivity contribution in [3.05, 3.63) is 32.5 Å². The molecule has 1 fully saturated rings. The van der Waals surface area contributed by atoms with Crippen LogP contribution in [0.25, 0.3) is 0 Å². The molecule has 5 nitrogen and oxygen atoms in total. The van der Waals surface area contributed by atoms with E-state index in [9.17, 15) is 19.6 Å². The zero-order valence-electron chi connectivity index (χ0n) is 9.61. The Balaban J connectivity index is 2.24. The van der Waals surface area contributed by atoms with Gasteiger partial charge >= 0.3 is 0 Å². The molecule has 0 spiro atoms. The molecule has 0 radical (unpaired) electrons. The van der Waals surface area contributed by atoms with E-state index in [1.807, 2.05) is 0 Å². The van der Waals surface area contributed by atoms with Gasteiger partial charge in [0, 0.05) is 16.6 Å². The molecule has 0 aromatic heterocycles. The summed E-state index contributed by atoms with van der Waals surface area (Å²) in [6.07, 6.45) is 0.888. The molecule has 0 bridgehead atoms. The number of nitro benzene ring substituents is 1. The first-order valence-electron chi connectivity index (χ1n) is 5.41. The standard InChI is InChI=1S/C11H12BrFN2O3/c1-11(16)4-7(5-11)14-10-8(13)2-6(12)3-9(10)15(17)18/h2-3,7,14,16H,4-5H2,1H3. The molecule has 1 aromatic rings. The summed E-state index contributed by atoms with van der Waals surface area (Å²) in [6.45, 7) is 1.68. The Hall–Kier alpha value is -1.21. The predicted molar refractivity (Wildman–Crippen MR) is 68.0 cm³/mol. The van der Waals surface area contributed by atoms with Gasteiger partial charge in [0.2, 0.25) is 0 Å². The minimum absolute atomic E-state index is 0.122. The highest BCUT2D eigenvalue weighted by Crippen LogP contribution is 2.38. The average Bonchev–Trinajstić information content (AvgIpc) is 2.18. The quantitative estimate of drug-likeness (QED) is 0.663. The van der Waals surface area contributed by atoms with Crippen LogP contribution in [0, 0.1) is 15.9 Å². The molecule has 0 atom stereocenters. The van der Waals surface area contributed by atoms with Crippen LogP contribution in [0.1, 0.15) is 19.8 Å². The van der Waals surface area contributed by atoms with Crippen LogP contribution in [-0.2, 0) is 0 Å². The molecule has 1 saturated carbocycles. The minimum atomic E-state index is -0.766. The zero-order chi connectivity index (χ0) is 13.5. The van der Waals surface area contributed by atoms with Crippen LogP contribution >= 0.6 is 15.9 Å². The van der Waals surface area contributed by atoms with Crippen molar-refractivity contribution in [3.63, 3.8) is 0 Å². The number of rotatable bonds is 3. The molecule has 0 unspecified atom stereocenters. The first-order valence-corrected chi connectivity index (χ1v) is 6.20. The lowest BCUT2D eigenvalue weighted by Gasteiger charge is -2.41. The van der Waals surface area contributed by atoms with E-state index in [-0.39, 0.29) is 17.4 Å². The first-order chi connectivity index (χ1) is 8.28. The summed E-state index contributed by atoms with van der Waals surface area (Å²) in [4.78, 5) is 10.2. The first kappa shape index (κ1) is 13.2. The van der Waals surface area contributed by atoms with Crippen molar-refractivity contribution in [1.29, 1.82) is 0 Å². The van der Waals surface area contributed by atoms with E-state index >= 15 is 0 Å². The molecule has 98 valence electrons. The summed E-state index contributed by atoms with van der Waals surface area (Å²) in [7, 11) is 0. The summed E-state index contributed by atoms with van der Waals surface area (Å²) in [5, 5.41) is 23.2. The summed E-state index contributed by atoms with van der Waals surface area (Å²) >= 11 is 3.02. The number of nitro groups is 1.